The lowest BCUT2D eigenvalue weighted by atomic mass is 10.2. The smallest absolute Gasteiger partial charge is 0.131 e. The van der Waals surface area contributed by atoms with Crippen molar-refractivity contribution in [3.63, 3.8) is 0 Å². The number of amidine groups is 1. The molecular formula is C9H14N2. The molecule has 2 heteroatoms. The van der Waals surface area contributed by atoms with E-state index in [1.165, 1.54) is 5.57 Å². The molecule has 0 unspecified atom stereocenters. The van der Waals surface area contributed by atoms with Gasteiger partial charge in [0.25, 0.3) is 0 Å². The van der Waals surface area contributed by atoms with Crippen LogP contribution in [0.4, 0.5) is 0 Å². The molecule has 1 heterocycles. The fraction of sp³-hybridized carbons (Fsp3) is 0.444. The normalized spacial score (nSPS) is 25.1. The van der Waals surface area contributed by atoms with Gasteiger partial charge in [-0.1, -0.05) is 12.7 Å². The first-order valence-corrected chi connectivity index (χ1v) is 3.85. The van der Waals surface area contributed by atoms with Crippen molar-refractivity contribution >= 4 is 5.84 Å². The van der Waals surface area contributed by atoms with E-state index in [1.54, 1.807) is 6.20 Å². The largest absolute Gasteiger partial charge is 0.359 e. The number of allylic oxidation sites excluding steroid dienone is 1. The quantitative estimate of drug-likeness (QED) is 0.556. The van der Waals surface area contributed by atoms with E-state index in [-0.39, 0.29) is 0 Å². The van der Waals surface area contributed by atoms with Gasteiger partial charge in [-0.25, -0.2) is 4.99 Å². The molecule has 0 atom stereocenters. The van der Waals surface area contributed by atoms with Crippen LogP contribution >= 0.6 is 0 Å². The van der Waals surface area contributed by atoms with Crippen LogP contribution in [0.3, 0.4) is 0 Å². The minimum absolute atomic E-state index is 1.07. The van der Waals surface area contributed by atoms with Gasteiger partial charge in [-0.05, 0) is 18.9 Å². The second-order valence-electron chi connectivity index (χ2n) is 2.62. The Hall–Kier alpha value is -1.05. The Morgan fingerprint density at radius 2 is 2.36 bits per heavy atom. The lowest BCUT2D eigenvalue weighted by molar-refractivity contribution is 0.550. The van der Waals surface area contributed by atoms with Gasteiger partial charge in [0.15, 0.2) is 0 Å². The van der Waals surface area contributed by atoms with Crippen molar-refractivity contribution < 1.29 is 0 Å². The summed E-state index contributed by atoms with van der Waals surface area (Å²) in [6.45, 7) is 6.71. The van der Waals surface area contributed by atoms with Crippen LogP contribution < -0.4 is 0 Å². The average molecular weight is 150 g/mol. The molecule has 60 valence electrons. The van der Waals surface area contributed by atoms with Crippen LogP contribution in [0.5, 0.6) is 0 Å². The summed E-state index contributed by atoms with van der Waals surface area (Å²) in [4.78, 5) is 6.34. The Morgan fingerprint density at radius 1 is 1.64 bits per heavy atom. The van der Waals surface area contributed by atoms with Crippen molar-refractivity contribution in [3.05, 3.63) is 24.4 Å². The van der Waals surface area contributed by atoms with Crippen LogP contribution in [0.1, 0.15) is 13.3 Å². The molecule has 1 aliphatic heterocycles. The van der Waals surface area contributed by atoms with Gasteiger partial charge in [0.05, 0.1) is 0 Å². The highest BCUT2D eigenvalue weighted by Gasteiger charge is 2.18. The van der Waals surface area contributed by atoms with E-state index >= 15 is 0 Å². The van der Waals surface area contributed by atoms with E-state index < -0.39 is 0 Å². The maximum Gasteiger partial charge on any atom is 0.131 e. The maximum atomic E-state index is 4.20. The van der Waals surface area contributed by atoms with Crippen molar-refractivity contribution in [2.24, 2.45) is 4.99 Å². The molecule has 11 heavy (non-hydrogen) atoms. The molecule has 2 nitrogen and oxygen atoms in total. The highest BCUT2D eigenvalue weighted by atomic mass is 15.2. The van der Waals surface area contributed by atoms with Crippen LogP contribution in [0.15, 0.2) is 29.4 Å². The summed E-state index contributed by atoms with van der Waals surface area (Å²) in [5.41, 5.74) is 1.33. The van der Waals surface area contributed by atoms with Gasteiger partial charge in [-0.2, -0.15) is 0 Å². The van der Waals surface area contributed by atoms with Crippen molar-refractivity contribution in [1.82, 2.24) is 4.90 Å². The second-order valence-corrected chi connectivity index (χ2v) is 2.62. The summed E-state index contributed by atoms with van der Waals surface area (Å²) in [6, 6.07) is 0. The summed E-state index contributed by atoms with van der Waals surface area (Å²) in [7, 11) is 2.05. The Kier molecular flexibility index (Phi) is 2.47. The third-order valence-corrected chi connectivity index (χ3v) is 1.93. The lowest BCUT2D eigenvalue weighted by Gasteiger charge is -2.09. The molecule has 0 amide bonds. The first-order chi connectivity index (χ1) is 5.29. The van der Waals surface area contributed by atoms with E-state index in [0.717, 1.165) is 18.8 Å². The standard InChI is InChI=1S/C9H14N2/c1-4-8-6-7-11(3)9(8)10-5-2/h4-5H,2,6-7H2,1,3H3/b8-4-,10-9?. The summed E-state index contributed by atoms with van der Waals surface area (Å²) < 4.78 is 0. The summed E-state index contributed by atoms with van der Waals surface area (Å²) >= 11 is 0. The molecule has 1 fully saturated rings. The minimum Gasteiger partial charge on any atom is -0.359 e. The van der Waals surface area contributed by atoms with E-state index in [9.17, 15) is 0 Å². The molecule has 0 bridgehead atoms. The fourth-order valence-electron chi connectivity index (χ4n) is 1.29. The first-order valence-electron chi connectivity index (χ1n) is 3.85. The van der Waals surface area contributed by atoms with Gasteiger partial charge in [-0.3, -0.25) is 0 Å². The minimum atomic E-state index is 1.07. The number of rotatable bonds is 1. The average Bonchev–Trinajstić information content (AvgIpc) is 2.34. The zero-order valence-electron chi connectivity index (χ0n) is 7.17. The third-order valence-electron chi connectivity index (χ3n) is 1.93. The third kappa shape index (κ3) is 1.50. The number of nitrogens with zero attached hydrogens (tertiary/aromatic N) is 2. The monoisotopic (exact) mass is 150 g/mol. The van der Waals surface area contributed by atoms with Crippen molar-refractivity contribution in [1.29, 1.82) is 0 Å². The van der Waals surface area contributed by atoms with Crippen molar-refractivity contribution in [2.75, 3.05) is 13.6 Å². The topological polar surface area (TPSA) is 15.6 Å². The molecule has 0 spiro atoms. The Bertz CT molecular complexity index is 214. The molecule has 0 aromatic carbocycles. The van der Waals surface area contributed by atoms with E-state index in [4.69, 9.17) is 0 Å². The molecular weight excluding hydrogens is 136 g/mol. The molecule has 0 aromatic heterocycles. The van der Waals surface area contributed by atoms with Gasteiger partial charge < -0.3 is 4.90 Å². The Labute approximate surface area is 67.9 Å². The van der Waals surface area contributed by atoms with Crippen molar-refractivity contribution in [3.8, 4) is 0 Å². The zero-order valence-corrected chi connectivity index (χ0v) is 7.17. The molecule has 1 saturated heterocycles. The first kappa shape index (κ1) is 8.05. The van der Waals surface area contributed by atoms with Crippen LogP contribution in [-0.2, 0) is 0 Å². The Balaban J connectivity index is 2.88. The SMILES string of the molecule is C=CN=C1/C(=C\C)CCN1C. The van der Waals surface area contributed by atoms with Gasteiger partial charge in [-0.15, -0.1) is 0 Å². The maximum absolute atomic E-state index is 4.20. The molecule has 0 aromatic rings. The molecule has 1 aliphatic rings. The van der Waals surface area contributed by atoms with Crippen LogP contribution in [-0.4, -0.2) is 24.3 Å². The van der Waals surface area contributed by atoms with Gasteiger partial charge in [0.1, 0.15) is 5.84 Å². The number of hydrogen-bond donors (Lipinski definition) is 0. The number of likely N-dealkylation sites (N-methyl/N-ethyl adjacent to an activating group) is 1. The predicted molar refractivity (Wildman–Crippen MR) is 48.6 cm³/mol. The molecule has 0 radical (unpaired) electrons. The number of hydrogen-bond acceptors (Lipinski definition) is 1. The highest BCUT2D eigenvalue weighted by Crippen LogP contribution is 2.16. The Morgan fingerprint density at radius 3 is 2.91 bits per heavy atom. The van der Waals surface area contributed by atoms with Gasteiger partial charge >= 0.3 is 0 Å². The molecule has 1 rings (SSSR count). The zero-order chi connectivity index (χ0) is 8.27. The lowest BCUT2D eigenvalue weighted by Crippen LogP contribution is -2.19. The van der Waals surface area contributed by atoms with Gasteiger partial charge in [0, 0.05) is 19.8 Å². The molecule has 0 N–H and O–H groups in total. The van der Waals surface area contributed by atoms with Gasteiger partial charge in [0.2, 0.25) is 0 Å². The van der Waals surface area contributed by atoms with E-state index in [2.05, 4.69) is 29.6 Å². The van der Waals surface area contributed by atoms with E-state index in [1.807, 2.05) is 6.92 Å². The van der Waals surface area contributed by atoms with Crippen LogP contribution in [0, 0.1) is 0 Å². The summed E-state index contributed by atoms with van der Waals surface area (Å²) in [5.74, 6) is 1.07. The van der Waals surface area contributed by atoms with Crippen LogP contribution in [0.25, 0.3) is 0 Å². The molecule has 0 saturated carbocycles. The summed E-state index contributed by atoms with van der Waals surface area (Å²) in [6.07, 6.45) is 4.83. The summed E-state index contributed by atoms with van der Waals surface area (Å²) in [5, 5.41) is 0. The van der Waals surface area contributed by atoms with Crippen LogP contribution in [0.2, 0.25) is 0 Å². The fourth-order valence-corrected chi connectivity index (χ4v) is 1.29. The second kappa shape index (κ2) is 3.37. The molecule has 0 aliphatic carbocycles. The van der Waals surface area contributed by atoms with Crippen molar-refractivity contribution in [2.45, 2.75) is 13.3 Å². The number of aliphatic imine (C=N–C) groups is 1. The van der Waals surface area contributed by atoms with E-state index in [0.29, 0.717) is 0 Å². The number of likely N-dealkylation sites (tertiary alicyclic amines) is 1. The predicted octanol–water partition coefficient (Wildman–Crippen LogP) is 1.81. The highest BCUT2D eigenvalue weighted by molar-refractivity contribution is 6.00.